The van der Waals surface area contributed by atoms with Crippen LogP contribution in [0.2, 0.25) is 0 Å². The highest BCUT2D eigenvalue weighted by atomic mass is 32.1. The van der Waals surface area contributed by atoms with Crippen LogP contribution < -0.4 is 10.1 Å². The summed E-state index contributed by atoms with van der Waals surface area (Å²) in [5, 5.41) is 7.02. The molecule has 3 rings (SSSR count). The van der Waals surface area contributed by atoms with Gasteiger partial charge in [0.2, 0.25) is 0 Å². The molecule has 1 aliphatic rings. The van der Waals surface area contributed by atoms with Crippen LogP contribution in [0.1, 0.15) is 5.56 Å². The summed E-state index contributed by atoms with van der Waals surface area (Å²) >= 11 is 1.82. The van der Waals surface area contributed by atoms with Gasteiger partial charge in [0.1, 0.15) is 5.75 Å². The molecular formula is C14H18N2OS. The molecule has 2 heterocycles. The molecule has 0 unspecified atom stereocenters. The van der Waals surface area contributed by atoms with E-state index in [1.807, 2.05) is 17.4 Å². The van der Waals surface area contributed by atoms with Crippen LogP contribution in [0.25, 0.3) is 10.1 Å². The average molecular weight is 262 g/mol. The zero-order valence-electron chi connectivity index (χ0n) is 10.6. The van der Waals surface area contributed by atoms with Gasteiger partial charge in [-0.15, -0.1) is 11.3 Å². The van der Waals surface area contributed by atoms with E-state index in [0.717, 1.165) is 38.5 Å². The van der Waals surface area contributed by atoms with Crippen molar-refractivity contribution in [3.8, 4) is 5.75 Å². The first kappa shape index (κ1) is 12.0. The molecule has 2 aromatic rings. The van der Waals surface area contributed by atoms with Gasteiger partial charge < -0.3 is 10.1 Å². The predicted molar refractivity (Wildman–Crippen MR) is 76.5 cm³/mol. The molecule has 0 amide bonds. The van der Waals surface area contributed by atoms with Gasteiger partial charge >= 0.3 is 0 Å². The van der Waals surface area contributed by atoms with E-state index >= 15 is 0 Å². The largest absolute Gasteiger partial charge is 0.497 e. The summed E-state index contributed by atoms with van der Waals surface area (Å²) in [5.74, 6) is 0.947. The molecule has 1 saturated heterocycles. The number of nitrogens with one attached hydrogen (secondary N) is 1. The smallest absolute Gasteiger partial charge is 0.119 e. The molecule has 1 aromatic carbocycles. The van der Waals surface area contributed by atoms with Crippen molar-refractivity contribution in [3.05, 3.63) is 29.1 Å². The van der Waals surface area contributed by atoms with Crippen molar-refractivity contribution in [2.24, 2.45) is 0 Å². The minimum atomic E-state index is 0.947. The van der Waals surface area contributed by atoms with Crippen LogP contribution in [0.5, 0.6) is 5.75 Å². The van der Waals surface area contributed by atoms with Crippen LogP contribution in [-0.2, 0) is 6.54 Å². The summed E-state index contributed by atoms with van der Waals surface area (Å²) < 4.78 is 6.67. The summed E-state index contributed by atoms with van der Waals surface area (Å²) in [6, 6.07) is 6.34. The lowest BCUT2D eigenvalue weighted by Crippen LogP contribution is -2.42. The molecule has 1 N–H and O–H groups in total. The molecule has 3 nitrogen and oxygen atoms in total. The maximum absolute atomic E-state index is 5.32. The molecular weight excluding hydrogens is 244 g/mol. The van der Waals surface area contributed by atoms with Crippen molar-refractivity contribution < 1.29 is 4.74 Å². The minimum absolute atomic E-state index is 0.947. The molecule has 96 valence electrons. The van der Waals surface area contributed by atoms with E-state index in [-0.39, 0.29) is 0 Å². The lowest BCUT2D eigenvalue weighted by molar-refractivity contribution is 0.234. The lowest BCUT2D eigenvalue weighted by atomic mass is 10.1. The molecule has 4 heteroatoms. The normalized spacial score (nSPS) is 17.2. The number of piperazine rings is 1. The van der Waals surface area contributed by atoms with E-state index < -0.39 is 0 Å². The lowest BCUT2D eigenvalue weighted by Gasteiger charge is -2.26. The molecule has 0 bridgehead atoms. The number of methoxy groups -OCH3 is 1. The molecule has 0 radical (unpaired) electrons. The van der Waals surface area contributed by atoms with E-state index in [9.17, 15) is 0 Å². The highest BCUT2D eigenvalue weighted by Crippen LogP contribution is 2.30. The van der Waals surface area contributed by atoms with E-state index in [1.165, 1.54) is 15.6 Å². The summed E-state index contributed by atoms with van der Waals surface area (Å²) in [6.45, 7) is 5.54. The van der Waals surface area contributed by atoms with Gasteiger partial charge in [0.15, 0.2) is 0 Å². The Morgan fingerprint density at radius 3 is 2.94 bits per heavy atom. The second kappa shape index (κ2) is 5.26. The van der Waals surface area contributed by atoms with Crippen molar-refractivity contribution in [1.82, 2.24) is 10.2 Å². The SMILES string of the molecule is COc1ccc2scc(CN3CCNCC3)c2c1. The van der Waals surface area contributed by atoms with E-state index in [1.54, 1.807) is 7.11 Å². The molecule has 1 aliphatic heterocycles. The number of thiophene rings is 1. The van der Waals surface area contributed by atoms with Crippen LogP contribution in [0.3, 0.4) is 0 Å². The Bertz CT molecular complexity index is 532. The molecule has 0 atom stereocenters. The summed E-state index contributed by atoms with van der Waals surface area (Å²) in [6.07, 6.45) is 0. The molecule has 0 aliphatic carbocycles. The van der Waals surface area contributed by atoms with Gasteiger partial charge in [-0.3, -0.25) is 4.90 Å². The van der Waals surface area contributed by atoms with Crippen molar-refractivity contribution in [1.29, 1.82) is 0 Å². The van der Waals surface area contributed by atoms with Crippen LogP contribution in [0.15, 0.2) is 23.6 Å². The first-order valence-corrected chi connectivity index (χ1v) is 7.22. The number of fused-ring (bicyclic) bond motifs is 1. The second-order valence-corrected chi connectivity index (χ2v) is 5.56. The third-order valence-electron chi connectivity index (χ3n) is 3.46. The fourth-order valence-electron chi connectivity index (χ4n) is 2.42. The summed E-state index contributed by atoms with van der Waals surface area (Å²) in [7, 11) is 1.73. The Balaban J connectivity index is 1.86. The number of rotatable bonds is 3. The first-order chi connectivity index (χ1) is 8.86. The highest BCUT2D eigenvalue weighted by molar-refractivity contribution is 7.17. The quantitative estimate of drug-likeness (QED) is 0.918. The van der Waals surface area contributed by atoms with Gasteiger partial charge in [-0.25, -0.2) is 0 Å². The number of ether oxygens (including phenoxy) is 1. The van der Waals surface area contributed by atoms with Gasteiger partial charge in [0, 0.05) is 42.8 Å². The third-order valence-corrected chi connectivity index (χ3v) is 4.48. The van der Waals surface area contributed by atoms with Gasteiger partial charge in [0.25, 0.3) is 0 Å². The predicted octanol–water partition coefficient (Wildman–Crippen LogP) is 2.32. The Morgan fingerprint density at radius 1 is 1.33 bits per heavy atom. The average Bonchev–Trinajstić information content (AvgIpc) is 2.82. The topological polar surface area (TPSA) is 24.5 Å². The monoisotopic (exact) mass is 262 g/mol. The zero-order chi connectivity index (χ0) is 12.4. The first-order valence-electron chi connectivity index (χ1n) is 6.34. The van der Waals surface area contributed by atoms with Crippen molar-refractivity contribution in [2.45, 2.75) is 6.54 Å². The van der Waals surface area contributed by atoms with Gasteiger partial charge in [0.05, 0.1) is 7.11 Å². The molecule has 0 spiro atoms. The van der Waals surface area contributed by atoms with Crippen molar-refractivity contribution >= 4 is 21.4 Å². The Morgan fingerprint density at radius 2 is 2.17 bits per heavy atom. The van der Waals surface area contributed by atoms with Gasteiger partial charge in [-0.2, -0.15) is 0 Å². The Hall–Kier alpha value is -1.10. The van der Waals surface area contributed by atoms with E-state index in [2.05, 4.69) is 27.7 Å². The van der Waals surface area contributed by atoms with Crippen LogP contribution >= 0.6 is 11.3 Å². The van der Waals surface area contributed by atoms with Crippen molar-refractivity contribution in [3.63, 3.8) is 0 Å². The van der Waals surface area contributed by atoms with Crippen LogP contribution in [-0.4, -0.2) is 38.2 Å². The third kappa shape index (κ3) is 2.36. The van der Waals surface area contributed by atoms with Crippen LogP contribution in [0.4, 0.5) is 0 Å². The maximum Gasteiger partial charge on any atom is 0.119 e. The number of hydrogen-bond donors (Lipinski definition) is 1. The molecule has 1 fully saturated rings. The van der Waals surface area contributed by atoms with E-state index in [4.69, 9.17) is 4.74 Å². The molecule has 1 aromatic heterocycles. The summed E-state index contributed by atoms with van der Waals surface area (Å²) in [4.78, 5) is 2.51. The minimum Gasteiger partial charge on any atom is -0.497 e. The number of hydrogen-bond acceptors (Lipinski definition) is 4. The highest BCUT2D eigenvalue weighted by Gasteiger charge is 2.12. The molecule has 0 saturated carbocycles. The zero-order valence-corrected chi connectivity index (χ0v) is 11.4. The number of benzene rings is 1. The standard InChI is InChI=1S/C14H18N2OS/c1-17-12-2-3-14-13(8-12)11(10-18-14)9-16-6-4-15-5-7-16/h2-3,8,10,15H,4-7,9H2,1H3. The van der Waals surface area contributed by atoms with Gasteiger partial charge in [-0.1, -0.05) is 0 Å². The summed E-state index contributed by atoms with van der Waals surface area (Å²) in [5.41, 5.74) is 1.43. The van der Waals surface area contributed by atoms with Crippen LogP contribution in [0, 0.1) is 0 Å². The Kier molecular flexibility index (Phi) is 3.50. The fourth-order valence-corrected chi connectivity index (χ4v) is 3.35. The fraction of sp³-hybridized carbons (Fsp3) is 0.429. The van der Waals surface area contributed by atoms with E-state index in [0.29, 0.717) is 0 Å². The maximum atomic E-state index is 5.32. The Labute approximate surface area is 111 Å². The van der Waals surface area contributed by atoms with Crippen molar-refractivity contribution in [2.75, 3.05) is 33.3 Å². The second-order valence-electron chi connectivity index (χ2n) is 4.65. The molecule has 18 heavy (non-hydrogen) atoms. The van der Waals surface area contributed by atoms with Gasteiger partial charge in [-0.05, 0) is 29.1 Å². The number of nitrogens with zero attached hydrogens (tertiary/aromatic N) is 1.